The second-order valence-corrected chi connectivity index (χ2v) is 1.96. The third kappa shape index (κ3) is 1.45. The molecule has 1 unspecified atom stereocenters. The predicted octanol–water partition coefficient (Wildman–Crippen LogP) is -0.432. The first kappa shape index (κ1) is 3.87. The number of hydrogen-bond donors (Lipinski definition) is 2. The highest BCUT2D eigenvalue weighted by Crippen LogP contribution is 1.80. The molecule has 0 aromatic carbocycles. The van der Waals surface area contributed by atoms with Crippen molar-refractivity contribution in [2.75, 3.05) is 19.6 Å². The topological polar surface area (TPSA) is 24.1 Å². The molecule has 1 atom stereocenters. The normalized spacial score (nSPS) is 37.9. The SMILES string of the molecule is [2H]N1CCNCC1C. The van der Waals surface area contributed by atoms with Gasteiger partial charge in [-0.1, -0.05) is 0 Å². The molecule has 1 saturated heterocycles. The van der Waals surface area contributed by atoms with E-state index >= 15 is 0 Å². The Kier molecular flexibility index (Phi) is 1.26. The minimum absolute atomic E-state index is 0.392. The number of nitrogens with one attached hydrogen (secondary N) is 2. The van der Waals surface area contributed by atoms with Crippen LogP contribution in [0.3, 0.4) is 0 Å². The van der Waals surface area contributed by atoms with Crippen LogP contribution in [0.1, 0.15) is 6.92 Å². The van der Waals surface area contributed by atoms with Gasteiger partial charge in [0.1, 0.15) is 1.41 Å². The van der Waals surface area contributed by atoms with Gasteiger partial charge in [0.25, 0.3) is 0 Å². The fourth-order valence-electron chi connectivity index (χ4n) is 0.739. The summed E-state index contributed by atoms with van der Waals surface area (Å²) in [5.41, 5.74) is 0. The second-order valence-electron chi connectivity index (χ2n) is 1.96. The van der Waals surface area contributed by atoms with Gasteiger partial charge in [0, 0.05) is 25.7 Å². The highest BCUT2D eigenvalue weighted by atomic mass is 15.0. The lowest BCUT2D eigenvalue weighted by molar-refractivity contribution is 0.442. The van der Waals surface area contributed by atoms with E-state index in [1.54, 1.807) is 5.31 Å². The molecule has 0 spiro atoms. The molecule has 2 N–H and O–H groups in total. The Balaban J connectivity index is 2.28. The zero-order valence-corrected chi connectivity index (χ0v) is 4.65. The zero-order valence-electron chi connectivity index (χ0n) is 5.65. The molecule has 1 heterocycles. The quantitative estimate of drug-likeness (QED) is 0.432. The number of piperazine rings is 1. The van der Waals surface area contributed by atoms with Crippen molar-refractivity contribution >= 4 is 0 Å². The lowest BCUT2D eigenvalue weighted by atomic mass is 10.3. The van der Waals surface area contributed by atoms with Crippen LogP contribution in [-0.4, -0.2) is 25.7 Å². The van der Waals surface area contributed by atoms with E-state index in [1.165, 1.54) is 0 Å². The first-order valence-corrected chi connectivity index (χ1v) is 2.77. The Labute approximate surface area is 45.8 Å². The molecular weight excluding hydrogens is 88.1 g/mol. The van der Waals surface area contributed by atoms with E-state index < -0.39 is 0 Å². The molecule has 2 heteroatoms. The van der Waals surface area contributed by atoms with Crippen LogP contribution in [0, 0.1) is 0 Å². The number of rotatable bonds is 0. The predicted molar refractivity (Wildman–Crippen MR) is 30.3 cm³/mol. The molecule has 1 aliphatic rings. The molecule has 1 aliphatic heterocycles. The monoisotopic (exact) mass is 101 g/mol. The molecule has 2 nitrogen and oxygen atoms in total. The molecule has 42 valence electrons. The Morgan fingerprint density at radius 2 is 2.57 bits per heavy atom. The summed E-state index contributed by atoms with van der Waals surface area (Å²) in [4.78, 5) is 0. The van der Waals surface area contributed by atoms with E-state index in [1.807, 2.05) is 0 Å². The summed E-state index contributed by atoms with van der Waals surface area (Å²) in [6.45, 7) is 4.84. The number of hydrogen-bond acceptors (Lipinski definition) is 2. The summed E-state index contributed by atoms with van der Waals surface area (Å²) in [6, 6.07) is 0.392. The fourth-order valence-corrected chi connectivity index (χ4v) is 0.739. The summed E-state index contributed by atoms with van der Waals surface area (Å²) in [6.07, 6.45) is 0. The van der Waals surface area contributed by atoms with Crippen LogP contribution < -0.4 is 10.6 Å². The third-order valence-electron chi connectivity index (χ3n) is 1.17. The summed E-state index contributed by atoms with van der Waals surface area (Å²) >= 11 is 0. The van der Waals surface area contributed by atoms with E-state index in [-0.39, 0.29) is 0 Å². The van der Waals surface area contributed by atoms with Crippen molar-refractivity contribution < 1.29 is 1.41 Å². The molecule has 0 aromatic rings. The first-order chi connectivity index (χ1) is 3.80. The van der Waals surface area contributed by atoms with Gasteiger partial charge in [0.2, 0.25) is 0 Å². The van der Waals surface area contributed by atoms with Crippen LogP contribution >= 0.6 is 0 Å². The van der Waals surface area contributed by atoms with Gasteiger partial charge in [-0.15, -0.1) is 0 Å². The average Bonchev–Trinajstić information content (AvgIpc) is 1.77. The molecule has 0 aliphatic carbocycles. The van der Waals surface area contributed by atoms with E-state index in [0.29, 0.717) is 6.04 Å². The second kappa shape index (κ2) is 2.28. The van der Waals surface area contributed by atoms with Crippen molar-refractivity contribution in [1.29, 1.82) is 0 Å². The lowest BCUT2D eigenvalue weighted by Crippen LogP contribution is -2.46. The maximum Gasteiger partial charge on any atom is 0.123 e. The summed E-state index contributed by atoms with van der Waals surface area (Å²) in [7, 11) is 0. The largest absolute Gasteiger partial charge is 0.314 e. The smallest absolute Gasteiger partial charge is 0.123 e. The van der Waals surface area contributed by atoms with Crippen molar-refractivity contribution in [2.24, 2.45) is 0 Å². The Hall–Kier alpha value is -0.0800. The maximum atomic E-state index is 7.27. The molecule has 0 amide bonds. The van der Waals surface area contributed by atoms with E-state index in [0.717, 1.165) is 19.6 Å². The highest BCUT2D eigenvalue weighted by Gasteiger charge is 2.03. The summed E-state index contributed by atoms with van der Waals surface area (Å²) in [5, 5.41) is 4.82. The van der Waals surface area contributed by atoms with E-state index in [2.05, 4.69) is 12.2 Å². The first-order valence-electron chi connectivity index (χ1n) is 3.21. The molecule has 7 heavy (non-hydrogen) atoms. The molecule has 0 saturated carbocycles. The minimum atomic E-state index is 0.392. The van der Waals surface area contributed by atoms with Crippen molar-refractivity contribution in [3.05, 3.63) is 0 Å². The fraction of sp³-hybridized carbons (Fsp3) is 1.00. The molecule has 1 fully saturated rings. The van der Waals surface area contributed by atoms with Gasteiger partial charge in [-0.2, -0.15) is 0 Å². The zero-order chi connectivity index (χ0) is 5.98. The van der Waals surface area contributed by atoms with Crippen LogP contribution in [-0.2, 0) is 0 Å². The van der Waals surface area contributed by atoms with Crippen LogP contribution in [0.5, 0.6) is 0 Å². The van der Waals surface area contributed by atoms with Crippen molar-refractivity contribution in [3.8, 4) is 0 Å². The van der Waals surface area contributed by atoms with Crippen LogP contribution in [0.4, 0.5) is 0 Å². The van der Waals surface area contributed by atoms with Crippen LogP contribution in [0.2, 0.25) is 1.41 Å². The highest BCUT2D eigenvalue weighted by molar-refractivity contribution is 4.69. The standard InChI is InChI=1S/C5H12N2/c1-5-4-6-2-3-7-5/h5-7H,2-4H2,1H3/i/hD. The van der Waals surface area contributed by atoms with Crippen molar-refractivity contribution in [2.45, 2.75) is 13.0 Å². The van der Waals surface area contributed by atoms with Crippen molar-refractivity contribution in [1.82, 2.24) is 10.6 Å². The Bertz CT molecular complexity index is 66.8. The van der Waals surface area contributed by atoms with Gasteiger partial charge in [-0.25, -0.2) is 0 Å². The van der Waals surface area contributed by atoms with Gasteiger partial charge in [-0.3, -0.25) is 0 Å². The van der Waals surface area contributed by atoms with Gasteiger partial charge in [0.05, 0.1) is 0 Å². The van der Waals surface area contributed by atoms with Gasteiger partial charge >= 0.3 is 0 Å². The average molecular weight is 101 g/mol. The maximum absolute atomic E-state index is 7.27. The van der Waals surface area contributed by atoms with Gasteiger partial charge in [0.15, 0.2) is 0 Å². The van der Waals surface area contributed by atoms with Crippen LogP contribution in [0.15, 0.2) is 0 Å². The van der Waals surface area contributed by atoms with E-state index in [9.17, 15) is 0 Å². The van der Waals surface area contributed by atoms with Gasteiger partial charge in [-0.05, 0) is 6.92 Å². The molecule has 0 aromatic heterocycles. The Morgan fingerprint density at radius 3 is 3.00 bits per heavy atom. The summed E-state index contributed by atoms with van der Waals surface area (Å²) in [5.74, 6) is 0. The molecule has 0 radical (unpaired) electrons. The van der Waals surface area contributed by atoms with Crippen molar-refractivity contribution in [3.63, 3.8) is 0 Å². The Morgan fingerprint density at radius 1 is 1.71 bits per heavy atom. The third-order valence-corrected chi connectivity index (χ3v) is 1.17. The summed E-state index contributed by atoms with van der Waals surface area (Å²) < 4.78 is 7.27. The molecular formula is C5H12N2. The minimum Gasteiger partial charge on any atom is -0.314 e. The van der Waals surface area contributed by atoms with E-state index in [4.69, 9.17) is 1.41 Å². The molecule has 0 bridgehead atoms. The molecule has 1 rings (SSSR count). The van der Waals surface area contributed by atoms with Gasteiger partial charge < -0.3 is 10.6 Å². The van der Waals surface area contributed by atoms with Crippen LogP contribution in [0.25, 0.3) is 0 Å². The lowest BCUT2D eigenvalue weighted by Gasteiger charge is -2.19.